The zero-order valence-electron chi connectivity index (χ0n) is 10.8. The van der Waals surface area contributed by atoms with Crippen LogP contribution < -0.4 is 5.76 Å². The highest BCUT2D eigenvalue weighted by Crippen LogP contribution is 2.33. The first-order valence-electron chi connectivity index (χ1n) is 6.59. The minimum atomic E-state index is -0.321. The smallest absolute Gasteiger partial charge is 0.408 e. The van der Waals surface area contributed by atoms with E-state index in [1.165, 1.54) is 0 Å². The number of alkyl halides is 1. The third-order valence-electron chi connectivity index (χ3n) is 3.62. The lowest BCUT2D eigenvalue weighted by molar-refractivity contribution is 0.107. The molecule has 2 heterocycles. The Labute approximate surface area is 115 Å². The Morgan fingerprint density at radius 1 is 1.53 bits per heavy atom. The Morgan fingerprint density at radius 2 is 2.37 bits per heavy atom. The second kappa shape index (κ2) is 5.02. The molecule has 0 saturated carbocycles. The highest BCUT2D eigenvalue weighted by molar-refractivity contribution is 6.21. The van der Waals surface area contributed by atoms with Gasteiger partial charge in [0.2, 0.25) is 0 Å². The van der Waals surface area contributed by atoms with Crippen molar-refractivity contribution in [2.75, 3.05) is 6.61 Å². The predicted octanol–water partition coefficient (Wildman–Crippen LogP) is 3.07. The molecule has 0 aliphatic carbocycles. The second-order valence-corrected chi connectivity index (χ2v) is 5.26. The average molecular weight is 282 g/mol. The molecule has 4 nitrogen and oxygen atoms in total. The maximum atomic E-state index is 11.6. The van der Waals surface area contributed by atoms with E-state index in [-0.39, 0.29) is 17.2 Å². The number of hydrogen-bond acceptors (Lipinski definition) is 3. The van der Waals surface area contributed by atoms with E-state index in [2.05, 4.69) is 0 Å². The van der Waals surface area contributed by atoms with Gasteiger partial charge in [-0.25, -0.2) is 4.79 Å². The Kier molecular flexibility index (Phi) is 3.37. The maximum Gasteiger partial charge on any atom is 0.419 e. The quantitative estimate of drug-likeness (QED) is 0.812. The van der Waals surface area contributed by atoms with E-state index in [1.54, 1.807) is 4.57 Å². The largest absolute Gasteiger partial charge is 0.419 e. The van der Waals surface area contributed by atoms with Crippen molar-refractivity contribution in [3.8, 4) is 0 Å². The molecular formula is C14H16ClNO3. The zero-order chi connectivity index (χ0) is 13.4. The molecule has 1 aliphatic heterocycles. The van der Waals surface area contributed by atoms with Gasteiger partial charge in [0.25, 0.3) is 0 Å². The van der Waals surface area contributed by atoms with Gasteiger partial charge in [0.1, 0.15) is 0 Å². The maximum absolute atomic E-state index is 11.6. The minimum absolute atomic E-state index is 0.0547. The molecule has 102 valence electrons. The fraction of sp³-hybridized carbons (Fsp3) is 0.500. The van der Waals surface area contributed by atoms with Crippen LogP contribution in [0.3, 0.4) is 0 Å². The molecule has 1 aromatic heterocycles. The summed E-state index contributed by atoms with van der Waals surface area (Å²) in [7, 11) is 0. The topological polar surface area (TPSA) is 44.4 Å². The van der Waals surface area contributed by atoms with Crippen molar-refractivity contribution < 1.29 is 9.15 Å². The summed E-state index contributed by atoms with van der Waals surface area (Å²) < 4.78 is 12.5. The number of rotatable bonds is 3. The van der Waals surface area contributed by atoms with Gasteiger partial charge in [-0.3, -0.25) is 4.57 Å². The number of nitrogens with zero attached hydrogens (tertiary/aromatic N) is 1. The number of aromatic nitrogens is 1. The van der Waals surface area contributed by atoms with Gasteiger partial charge >= 0.3 is 5.76 Å². The van der Waals surface area contributed by atoms with Crippen molar-refractivity contribution in [1.82, 2.24) is 4.57 Å². The molecule has 0 N–H and O–H groups in total. The van der Waals surface area contributed by atoms with E-state index >= 15 is 0 Å². The first kappa shape index (κ1) is 12.8. The van der Waals surface area contributed by atoms with E-state index < -0.39 is 0 Å². The molecule has 5 heteroatoms. The third-order valence-corrected chi connectivity index (χ3v) is 4.15. The molecule has 0 bridgehead atoms. The number of fused-ring (bicyclic) bond motifs is 1. The number of aryl methyl sites for hydroxylation is 1. The molecule has 1 saturated heterocycles. The Morgan fingerprint density at radius 3 is 3.05 bits per heavy atom. The van der Waals surface area contributed by atoms with Gasteiger partial charge in [-0.2, -0.15) is 0 Å². The first-order valence-corrected chi connectivity index (χ1v) is 7.03. The third kappa shape index (κ3) is 2.19. The standard InChI is InChI=1S/C14H16ClNO3/c1-2-16-10-6-5-9(8-12(10)19-14(16)17)13(15)11-4-3-7-18-11/h5-6,8,11,13H,2-4,7H2,1H3. The molecule has 0 amide bonds. The summed E-state index contributed by atoms with van der Waals surface area (Å²) in [5, 5.41) is -0.192. The lowest BCUT2D eigenvalue weighted by Crippen LogP contribution is -2.13. The van der Waals surface area contributed by atoms with Crippen LogP contribution in [-0.2, 0) is 11.3 Å². The van der Waals surface area contributed by atoms with Gasteiger partial charge < -0.3 is 9.15 Å². The Hall–Kier alpha value is -1.26. The summed E-state index contributed by atoms with van der Waals surface area (Å²) in [6.07, 6.45) is 2.09. The lowest BCUT2D eigenvalue weighted by atomic mass is 10.0. The van der Waals surface area contributed by atoms with Crippen LogP contribution in [-0.4, -0.2) is 17.3 Å². The summed E-state index contributed by atoms with van der Waals surface area (Å²) in [6.45, 7) is 3.29. The molecule has 3 rings (SSSR count). The summed E-state index contributed by atoms with van der Waals surface area (Å²) >= 11 is 6.44. The van der Waals surface area contributed by atoms with E-state index in [0.717, 1.165) is 30.5 Å². The molecule has 1 fully saturated rings. The fourth-order valence-corrected chi connectivity index (χ4v) is 2.94. The highest BCUT2D eigenvalue weighted by atomic mass is 35.5. The van der Waals surface area contributed by atoms with Gasteiger partial charge in [-0.1, -0.05) is 6.07 Å². The average Bonchev–Trinajstić information content (AvgIpc) is 3.03. The summed E-state index contributed by atoms with van der Waals surface area (Å²) in [6, 6.07) is 5.69. The van der Waals surface area contributed by atoms with Crippen molar-refractivity contribution >= 4 is 22.7 Å². The van der Waals surface area contributed by atoms with E-state index in [4.69, 9.17) is 20.8 Å². The van der Waals surface area contributed by atoms with E-state index in [9.17, 15) is 4.79 Å². The molecule has 1 aromatic carbocycles. The number of benzene rings is 1. The minimum Gasteiger partial charge on any atom is -0.408 e. The van der Waals surface area contributed by atoms with Crippen molar-refractivity contribution in [2.24, 2.45) is 0 Å². The highest BCUT2D eigenvalue weighted by Gasteiger charge is 2.26. The van der Waals surface area contributed by atoms with Crippen LogP contribution in [0.4, 0.5) is 0 Å². The monoisotopic (exact) mass is 281 g/mol. The SMILES string of the molecule is CCn1c(=O)oc2cc(C(Cl)C3CCCO3)ccc21. The lowest BCUT2D eigenvalue weighted by Gasteiger charge is -2.16. The van der Waals surface area contributed by atoms with Crippen LogP contribution in [0.2, 0.25) is 0 Å². The first-order chi connectivity index (χ1) is 9.20. The molecule has 0 spiro atoms. The number of hydrogen-bond donors (Lipinski definition) is 0. The van der Waals surface area contributed by atoms with Crippen molar-refractivity contribution in [1.29, 1.82) is 0 Å². The number of ether oxygens (including phenoxy) is 1. The van der Waals surface area contributed by atoms with Crippen molar-refractivity contribution in [3.63, 3.8) is 0 Å². The van der Waals surface area contributed by atoms with Gasteiger partial charge in [-0.05, 0) is 37.5 Å². The Balaban J connectivity index is 1.99. The fourth-order valence-electron chi connectivity index (χ4n) is 2.60. The van der Waals surface area contributed by atoms with Gasteiger partial charge in [0.05, 0.1) is 17.0 Å². The van der Waals surface area contributed by atoms with Gasteiger partial charge in [-0.15, -0.1) is 11.6 Å². The zero-order valence-corrected chi connectivity index (χ0v) is 11.5. The van der Waals surface area contributed by atoms with Gasteiger partial charge in [0.15, 0.2) is 5.58 Å². The molecule has 2 atom stereocenters. The molecule has 19 heavy (non-hydrogen) atoms. The van der Waals surface area contributed by atoms with Crippen LogP contribution in [0.25, 0.3) is 11.1 Å². The Bertz CT molecular complexity index is 640. The van der Waals surface area contributed by atoms with E-state index in [0.29, 0.717) is 12.1 Å². The predicted molar refractivity (Wildman–Crippen MR) is 73.7 cm³/mol. The number of halogens is 1. The normalized spacial score (nSPS) is 21.1. The van der Waals surface area contributed by atoms with Crippen molar-refractivity contribution in [3.05, 3.63) is 34.3 Å². The molecule has 1 aliphatic rings. The summed E-state index contributed by atoms with van der Waals surface area (Å²) in [4.78, 5) is 11.6. The van der Waals surface area contributed by atoms with Crippen LogP contribution >= 0.6 is 11.6 Å². The summed E-state index contributed by atoms with van der Waals surface area (Å²) in [5.41, 5.74) is 2.35. The number of oxazole rings is 1. The van der Waals surface area contributed by atoms with Crippen LogP contribution in [0.15, 0.2) is 27.4 Å². The molecule has 2 unspecified atom stereocenters. The molecule has 2 aromatic rings. The second-order valence-electron chi connectivity index (χ2n) is 4.79. The molecule has 0 radical (unpaired) electrons. The van der Waals surface area contributed by atoms with Crippen LogP contribution in [0.5, 0.6) is 0 Å². The van der Waals surface area contributed by atoms with Crippen LogP contribution in [0.1, 0.15) is 30.7 Å². The van der Waals surface area contributed by atoms with Gasteiger partial charge in [0, 0.05) is 13.2 Å². The van der Waals surface area contributed by atoms with Crippen LogP contribution in [0, 0.1) is 0 Å². The van der Waals surface area contributed by atoms with Crippen molar-refractivity contribution in [2.45, 2.75) is 37.8 Å². The molecular weight excluding hydrogens is 266 g/mol. The van der Waals surface area contributed by atoms with E-state index in [1.807, 2.05) is 25.1 Å². The summed E-state index contributed by atoms with van der Waals surface area (Å²) in [5.74, 6) is -0.321.